The van der Waals surface area contributed by atoms with Gasteiger partial charge in [0.1, 0.15) is 5.75 Å². The third kappa shape index (κ3) is 2.18. The first-order valence-electron chi connectivity index (χ1n) is 4.28. The van der Waals surface area contributed by atoms with E-state index in [-0.39, 0.29) is 5.54 Å². The molecule has 0 radical (unpaired) electrons. The van der Waals surface area contributed by atoms with Crippen LogP contribution in [0.2, 0.25) is 0 Å². The third-order valence-corrected chi connectivity index (χ3v) is 2.30. The van der Waals surface area contributed by atoms with E-state index in [9.17, 15) is 0 Å². The first kappa shape index (κ1) is 9.99. The highest BCUT2D eigenvalue weighted by molar-refractivity contribution is 5.28. The summed E-state index contributed by atoms with van der Waals surface area (Å²) in [7, 11) is 3.58. The van der Waals surface area contributed by atoms with E-state index in [0.717, 1.165) is 11.3 Å². The molecule has 72 valence electrons. The van der Waals surface area contributed by atoms with E-state index in [4.69, 9.17) is 4.74 Å². The number of rotatable bonds is 3. The molecule has 1 aromatic heterocycles. The second-order valence-electron chi connectivity index (χ2n) is 3.49. The van der Waals surface area contributed by atoms with Gasteiger partial charge in [-0.2, -0.15) is 0 Å². The number of ether oxygens (including phenoxy) is 1. The van der Waals surface area contributed by atoms with Crippen molar-refractivity contribution in [1.29, 1.82) is 0 Å². The Balaban J connectivity index is 3.01. The number of nitrogens with one attached hydrogen (secondary N) is 1. The fourth-order valence-corrected chi connectivity index (χ4v) is 1.02. The first-order valence-corrected chi connectivity index (χ1v) is 4.28. The zero-order valence-electron chi connectivity index (χ0n) is 8.59. The number of hydrogen-bond acceptors (Lipinski definition) is 3. The lowest BCUT2D eigenvalue weighted by atomic mass is 9.96. The standard InChI is InChI=1S/C10H16N2O/c1-10(2,11-3)8-5-9(13-4)7-12-6-8/h5-7,11H,1-4H3. The number of methoxy groups -OCH3 is 1. The van der Waals surface area contributed by atoms with Crippen LogP contribution in [-0.4, -0.2) is 19.1 Å². The smallest absolute Gasteiger partial charge is 0.137 e. The van der Waals surface area contributed by atoms with Crippen molar-refractivity contribution < 1.29 is 4.74 Å². The second-order valence-corrected chi connectivity index (χ2v) is 3.49. The van der Waals surface area contributed by atoms with Gasteiger partial charge in [0.25, 0.3) is 0 Å². The van der Waals surface area contributed by atoms with E-state index < -0.39 is 0 Å². The minimum absolute atomic E-state index is 0.0679. The Morgan fingerprint density at radius 3 is 2.62 bits per heavy atom. The Kier molecular flexibility index (Phi) is 2.88. The molecule has 13 heavy (non-hydrogen) atoms. The van der Waals surface area contributed by atoms with Crippen molar-refractivity contribution in [2.24, 2.45) is 0 Å². The van der Waals surface area contributed by atoms with Crippen LogP contribution in [0.3, 0.4) is 0 Å². The van der Waals surface area contributed by atoms with Crippen molar-refractivity contribution in [1.82, 2.24) is 10.3 Å². The van der Waals surface area contributed by atoms with Crippen molar-refractivity contribution in [3.05, 3.63) is 24.0 Å². The molecule has 0 atom stereocenters. The van der Waals surface area contributed by atoms with Gasteiger partial charge in [-0.3, -0.25) is 4.98 Å². The summed E-state index contributed by atoms with van der Waals surface area (Å²) in [5.41, 5.74) is 1.05. The van der Waals surface area contributed by atoms with Crippen LogP contribution in [0.1, 0.15) is 19.4 Å². The normalized spacial score (nSPS) is 11.4. The van der Waals surface area contributed by atoms with E-state index >= 15 is 0 Å². The molecule has 1 heterocycles. The Hall–Kier alpha value is -1.09. The van der Waals surface area contributed by atoms with Crippen molar-refractivity contribution in [2.75, 3.05) is 14.2 Å². The Morgan fingerprint density at radius 2 is 2.08 bits per heavy atom. The molecule has 0 amide bonds. The van der Waals surface area contributed by atoms with E-state index in [1.54, 1.807) is 13.3 Å². The van der Waals surface area contributed by atoms with Gasteiger partial charge in [0, 0.05) is 11.7 Å². The predicted molar refractivity (Wildman–Crippen MR) is 52.9 cm³/mol. The highest BCUT2D eigenvalue weighted by atomic mass is 16.5. The first-order chi connectivity index (χ1) is 6.10. The molecule has 0 saturated heterocycles. The van der Waals surface area contributed by atoms with Crippen molar-refractivity contribution in [2.45, 2.75) is 19.4 Å². The fourth-order valence-electron chi connectivity index (χ4n) is 1.02. The molecule has 0 spiro atoms. The minimum Gasteiger partial charge on any atom is -0.495 e. The number of pyridine rings is 1. The van der Waals surface area contributed by atoms with Crippen LogP contribution < -0.4 is 10.1 Å². The van der Waals surface area contributed by atoms with Crippen LogP contribution in [0, 0.1) is 0 Å². The lowest BCUT2D eigenvalue weighted by Crippen LogP contribution is -2.33. The number of nitrogens with zero attached hydrogens (tertiary/aromatic N) is 1. The van der Waals surface area contributed by atoms with Gasteiger partial charge in [0.2, 0.25) is 0 Å². The molecule has 0 aromatic carbocycles. The molecule has 0 fully saturated rings. The summed E-state index contributed by atoms with van der Waals surface area (Å²) in [6.07, 6.45) is 3.55. The zero-order valence-corrected chi connectivity index (χ0v) is 8.59. The SMILES string of the molecule is CNC(C)(C)c1cncc(OC)c1. The third-order valence-electron chi connectivity index (χ3n) is 2.30. The minimum atomic E-state index is -0.0679. The van der Waals surface area contributed by atoms with Crippen LogP contribution in [-0.2, 0) is 5.54 Å². The predicted octanol–water partition coefficient (Wildman–Crippen LogP) is 1.54. The Labute approximate surface area is 79.1 Å². The number of hydrogen-bond donors (Lipinski definition) is 1. The molecular formula is C10H16N2O. The topological polar surface area (TPSA) is 34.2 Å². The Morgan fingerprint density at radius 1 is 1.38 bits per heavy atom. The van der Waals surface area contributed by atoms with Gasteiger partial charge in [-0.25, -0.2) is 0 Å². The highest BCUT2D eigenvalue weighted by Gasteiger charge is 2.18. The summed E-state index contributed by atoms with van der Waals surface area (Å²) in [5.74, 6) is 0.792. The van der Waals surface area contributed by atoms with Crippen LogP contribution in [0.5, 0.6) is 5.75 Å². The van der Waals surface area contributed by atoms with E-state index in [0.29, 0.717) is 0 Å². The lowest BCUT2D eigenvalue weighted by molar-refractivity contribution is 0.403. The van der Waals surface area contributed by atoms with Gasteiger partial charge in [-0.15, -0.1) is 0 Å². The molecule has 1 N–H and O–H groups in total. The summed E-state index contributed by atoms with van der Waals surface area (Å²) >= 11 is 0. The molecule has 0 bridgehead atoms. The average Bonchev–Trinajstić information content (AvgIpc) is 2.18. The molecule has 0 aliphatic heterocycles. The van der Waals surface area contributed by atoms with Crippen LogP contribution in [0.15, 0.2) is 18.5 Å². The molecule has 0 aliphatic carbocycles. The Bertz CT molecular complexity index is 284. The monoisotopic (exact) mass is 180 g/mol. The van der Waals surface area contributed by atoms with Gasteiger partial charge < -0.3 is 10.1 Å². The number of aromatic nitrogens is 1. The molecular weight excluding hydrogens is 164 g/mol. The van der Waals surface area contributed by atoms with Gasteiger partial charge in [-0.1, -0.05) is 0 Å². The molecule has 0 saturated carbocycles. The molecule has 1 aromatic rings. The summed E-state index contributed by atoms with van der Waals surface area (Å²) in [6, 6.07) is 1.99. The van der Waals surface area contributed by atoms with Gasteiger partial charge in [0.15, 0.2) is 0 Å². The van der Waals surface area contributed by atoms with E-state index in [1.165, 1.54) is 0 Å². The molecule has 3 nitrogen and oxygen atoms in total. The van der Waals surface area contributed by atoms with Crippen LogP contribution in [0.4, 0.5) is 0 Å². The molecule has 0 unspecified atom stereocenters. The van der Waals surface area contributed by atoms with E-state index in [1.807, 2.05) is 19.3 Å². The van der Waals surface area contributed by atoms with Gasteiger partial charge in [0.05, 0.1) is 13.3 Å². The maximum Gasteiger partial charge on any atom is 0.137 e. The van der Waals surface area contributed by atoms with Crippen molar-refractivity contribution >= 4 is 0 Å². The largest absolute Gasteiger partial charge is 0.495 e. The zero-order chi connectivity index (χ0) is 9.90. The molecule has 0 aliphatic rings. The maximum absolute atomic E-state index is 5.10. The van der Waals surface area contributed by atoms with Crippen molar-refractivity contribution in [3.63, 3.8) is 0 Å². The van der Waals surface area contributed by atoms with Crippen LogP contribution >= 0.6 is 0 Å². The summed E-state index contributed by atoms with van der Waals surface area (Å²) in [4.78, 5) is 4.10. The van der Waals surface area contributed by atoms with Crippen LogP contribution in [0.25, 0.3) is 0 Å². The molecule has 1 rings (SSSR count). The second kappa shape index (κ2) is 3.75. The van der Waals surface area contributed by atoms with Gasteiger partial charge in [-0.05, 0) is 32.5 Å². The summed E-state index contributed by atoms with van der Waals surface area (Å²) < 4.78 is 5.10. The lowest BCUT2D eigenvalue weighted by Gasteiger charge is -2.24. The molecule has 3 heteroatoms. The van der Waals surface area contributed by atoms with Crippen molar-refractivity contribution in [3.8, 4) is 5.75 Å². The maximum atomic E-state index is 5.10. The fraction of sp³-hybridized carbons (Fsp3) is 0.500. The van der Waals surface area contributed by atoms with E-state index in [2.05, 4.69) is 24.1 Å². The summed E-state index contributed by atoms with van der Waals surface area (Å²) in [6.45, 7) is 4.20. The quantitative estimate of drug-likeness (QED) is 0.766. The highest BCUT2D eigenvalue weighted by Crippen LogP contribution is 2.21. The average molecular weight is 180 g/mol. The summed E-state index contributed by atoms with van der Waals surface area (Å²) in [5, 5.41) is 3.21. The van der Waals surface area contributed by atoms with Gasteiger partial charge >= 0.3 is 0 Å².